The van der Waals surface area contributed by atoms with E-state index in [1.54, 1.807) is 18.9 Å². The molecule has 3 aliphatic heterocycles. The van der Waals surface area contributed by atoms with Gasteiger partial charge in [0.25, 0.3) is 0 Å². The monoisotopic (exact) mass is 340 g/mol. The lowest BCUT2D eigenvalue weighted by Crippen LogP contribution is -2.57. The number of rotatable bonds is 4. The number of carbonyl (C=O) groups excluding carboxylic acids is 1. The fourth-order valence-electron chi connectivity index (χ4n) is 3.91. The van der Waals surface area contributed by atoms with E-state index in [1.165, 1.54) is 0 Å². The van der Waals surface area contributed by atoms with Crippen LogP contribution < -0.4 is 0 Å². The van der Waals surface area contributed by atoms with Crippen LogP contribution >= 0.6 is 0 Å². The fourth-order valence-corrected chi connectivity index (χ4v) is 3.91. The molecule has 0 aromatic heterocycles. The first kappa shape index (κ1) is 16.3. The average molecular weight is 340 g/mol. The first-order valence-corrected chi connectivity index (χ1v) is 8.74. The van der Waals surface area contributed by atoms with Crippen LogP contribution in [0.5, 0.6) is 0 Å². The molecular formula is C16H24N2O6. The molecule has 0 radical (unpaired) electrons. The molecule has 1 unspecified atom stereocenters. The summed E-state index contributed by atoms with van der Waals surface area (Å²) in [7, 11) is 0. The first-order chi connectivity index (χ1) is 11.6. The van der Waals surface area contributed by atoms with Gasteiger partial charge >= 0.3 is 5.97 Å². The standard InChI is InChI=1S/C16H24N2O6/c1-3-20-12(19)10-16(14-22-11(2)23-14)17-13-15(6-4-5-7-15)21-9-8-18(13)24-16/h11,14H,3-10H2,1-2H3. The van der Waals surface area contributed by atoms with Gasteiger partial charge in [0.05, 0.1) is 19.8 Å². The molecule has 0 N–H and O–H groups in total. The second kappa shape index (κ2) is 5.94. The molecule has 8 nitrogen and oxygen atoms in total. The summed E-state index contributed by atoms with van der Waals surface area (Å²) in [6.07, 6.45) is 2.96. The van der Waals surface area contributed by atoms with Crippen molar-refractivity contribution in [1.29, 1.82) is 0 Å². The number of carbonyl (C=O) groups is 1. The Morgan fingerprint density at radius 3 is 2.79 bits per heavy atom. The van der Waals surface area contributed by atoms with Crippen molar-refractivity contribution in [3.8, 4) is 0 Å². The zero-order chi connectivity index (χ0) is 16.8. The second-order valence-corrected chi connectivity index (χ2v) is 6.68. The number of fused-ring (bicyclic) bond motifs is 2. The Morgan fingerprint density at radius 1 is 1.38 bits per heavy atom. The highest BCUT2D eigenvalue weighted by molar-refractivity contribution is 5.92. The number of nitrogens with zero attached hydrogens (tertiary/aromatic N) is 2. The molecule has 0 amide bonds. The third-order valence-corrected chi connectivity index (χ3v) is 4.99. The van der Waals surface area contributed by atoms with E-state index in [9.17, 15) is 4.79 Å². The number of morpholine rings is 1. The topological polar surface area (TPSA) is 78.8 Å². The molecule has 0 aromatic carbocycles. The van der Waals surface area contributed by atoms with Crippen LogP contribution in [0.3, 0.4) is 0 Å². The van der Waals surface area contributed by atoms with E-state index in [-0.39, 0.29) is 18.7 Å². The van der Waals surface area contributed by atoms with Crippen LogP contribution in [0.25, 0.3) is 0 Å². The summed E-state index contributed by atoms with van der Waals surface area (Å²) < 4.78 is 22.5. The maximum absolute atomic E-state index is 12.1. The van der Waals surface area contributed by atoms with Crippen molar-refractivity contribution in [3.63, 3.8) is 0 Å². The summed E-state index contributed by atoms with van der Waals surface area (Å²) in [5.41, 5.74) is -1.62. The Balaban J connectivity index is 1.64. The molecular weight excluding hydrogens is 316 g/mol. The van der Waals surface area contributed by atoms with E-state index in [1.807, 2.05) is 0 Å². The number of hydrogen-bond acceptors (Lipinski definition) is 8. The zero-order valence-corrected chi connectivity index (χ0v) is 14.2. The predicted molar refractivity (Wildman–Crippen MR) is 81.8 cm³/mol. The van der Waals surface area contributed by atoms with E-state index >= 15 is 0 Å². The summed E-state index contributed by atoms with van der Waals surface area (Å²) >= 11 is 0. The van der Waals surface area contributed by atoms with Gasteiger partial charge in [0, 0.05) is 0 Å². The summed E-state index contributed by atoms with van der Waals surface area (Å²) in [4.78, 5) is 23.0. The number of ether oxygens (including phenoxy) is 4. The first-order valence-electron chi connectivity index (χ1n) is 8.74. The molecule has 4 rings (SSSR count). The summed E-state index contributed by atoms with van der Waals surface area (Å²) in [6.45, 7) is 5.04. The fraction of sp³-hybridized carbons (Fsp3) is 0.875. The minimum Gasteiger partial charge on any atom is -0.466 e. The molecule has 1 aliphatic carbocycles. The Labute approximate surface area is 141 Å². The molecule has 24 heavy (non-hydrogen) atoms. The van der Waals surface area contributed by atoms with Crippen molar-refractivity contribution in [2.24, 2.45) is 4.99 Å². The normalized spacial score (nSPS) is 37.1. The highest BCUT2D eigenvalue weighted by Crippen LogP contribution is 2.45. The molecule has 0 bridgehead atoms. The third-order valence-electron chi connectivity index (χ3n) is 4.99. The maximum atomic E-state index is 12.1. The number of amidine groups is 1. The van der Waals surface area contributed by atoms with Crippen LogP contribution in [0, 0.1) is 0 Å². The van der Waals surface area contributed by atoms with Crippen molar-refractivity contribution in [3.05, 3.63) is 0 Å². The second-order valence-electron chi connectivity index (χ2n) is 6.68. The highest BCUT2D eigenvalue weighted by atomic mass is 16.9. The third kappa shape index (κ3) is 2.52. The van der Waals surface area contributed by atoms with Gasteiger partial charge in [0.1, 0.15) is 12.0 Å². The Hall–Kier alpha value is -1.22. The number of esters is 1. The van der Waals surface area contributed by atoms with Gasteiger partial charge in [-0.05, 0) is 39.5 Å². The molecule has 1 spiro atoms. The minimum absolute atomic E-state index is 0.0473. The van der Waals surface area contributed by atoms with Gasteiger partial charge < -0.3 is 18.9 Å². The molecule has 1 atom stereocenters. The maximum Gasteiger partial charge on any atom is 0.311 e. The summed E-state index contributed by atoms with van der Waals surface area (Å²) in [5, 5.41) is 1.77. The van der Waals surface area contributed by atoms with Crippen molar-refractivity contribution < 1.29 is 28.6 Å². The SMILES string of the molecule is CCOC(=O)CC1(C2OC(C)O2)N=C2N(CCOC23CCCC3)O1. The van der Waals surface area contributed by atoms with E-state index in [2.05, 4.69) is 0 Å². The van der Waals surface area contributed by atoms with E-state index < -0.39 is 17.6 Å². The van der Waals surface area contributed by atoms with Crippen LogP contribution in [-0.4, -0.2) is 60.5 Å². The van der Waals surface area contributed by atoms with Gasteiger partial charge in [-0.3, -0.25) is 4.79 Å². The number of hydroxylamine groups is 2. The Kier molecular flexibility index (Phi) is 4.03. The van der Waals surface area contributed by atoms with Gasteiger partial charge in [-0.2, -0.15) is 0 Å². The predicted octanol–water partition coefficient (Wildman–Crippen LogP) is 1.34. The van der Waals surface area contributed by atoms with E-state index in [0.29, 0.717) is 19.8 Å². The molecule has 8 heteroatoms. The molecule has 4 aliphatic rings. The molecule has 3 fully saturated rings. The van der Waals surface area contributed by atoms with Crippen LogP contribution in [-0.2, 0) is 28.6 Å². The Morgan fingerprint density at radius 2 is 2.12 bits per heavy atom. The van der Waals surface area contributed by atoms with Gasteiger partial charge in [-0.1, -0.05) is 0 Å². The van der Waals surface area contributed by atoms with Crippen LogP contribution in [0.4, 0.5) is 0 Å². The van der Waals surface area contributed by atoms with Gasteiger partial charge in [0.15, 0.2) is 12.1 Å². The zero-order valence-electron chi connectivity index (χ0n) is 14.2. The smallest absolute Gasteiger partial charge is 0.311 e. The van der Waals surface area contributed by atoms with E-state index in [4.69, 9.17) is 28.8 Å². The lowest BCUT2D eigenvalue weighted by Gasteiger charge is -2.42. The highest BCUT2D eigenvalue weighted by Gasteiger charge is 2.60. The van der Waals surface area contributed by atoms with Crippen molar-refractivity contribution >= 4 is 11.8 Å². The molecule has 134 valence electrons. The van der Waals surface area contributed by atoms with E-state index in [0.717, 1.165) is 31.5 Å². The Bertz CT molecular complexity index is 541. The average Bonchev–Trinajstić information content (AvgIpc) is 3.11. The lowest BCUT2D eigenvalue weighted by atomic mass is 9.98. The molecule has 2 saturated heterocycles. The summed E-state index contributed by atoms with van der Waals surface area (Å²) in [6, 6.07) is 0. The number of aliphatic imine (C=N–C) groups is 1. The van der Waals surface area contributed by atoms with Crippen LogP contribution in [0.2, 0.25) is 0 Å². The summed E-state index contributed by atoms with van der Waals surface area (Å²) in [5.74, 6) is 0.386. The lowest BCUT2D eigenvalue weighted by molar-refractivity contribution is -0.435. The van der Waals surface area contributed by atoms with Crippen molar-refractivity contribution in [2.45, 2.75) is 69.9 Å². The molecule has 1 saturated carbocycles. The van der Waals surface area contributed by atoms with Gasteiger partial charge in [-0.25, -0.2) is 14.9 Å². The molecule has 0 aromatic rings. The minimum atomic E-state index is -1.22. The molecule has 3 heterocycles. The van der Waals surface area contributed by atoms with Crippen LogP contribution in [0.15, 0.2) is 4.99 Å². The van der Waals surface area contributed by atoms with Crippen LogP contribution in [0.1, 0.15) is 46.0 Å². The number of hydrogen-bond donors (Lipinski definition) is 0. The van der Waals surface area contributed by atoms with Gasteiger partial charge in [0.2, 0.25) is 12.0 Å². The quantitative estimate of drug-likeness (QED) is 0.715. The van der Waals surface area contributed by atoms with Crippen molar-refractivity contribution in [1.82, 2.24) is 5.06 Å². The van der Waals surface area contributed by atoms with Crippen molar-refractivity contribution in [2.75, 3.05) is 19.8 Å². The largest absolute Gasteiger partial charge is 0.466 e. The van der Waals surface area contributed by atoms with Gasteiger partial charge in [-0.15, -0.1) is 0 Å².